The van der Waals surface area contributed by atoms with E-state index in [0.717, 1.165) is 17.9 Å². The summed E-state index contributed by atoms with van der Waals surface area (Å²) in [6, 6.07) is 0.959. The van der Waals surface area contributed by atoms with E-state index < -0.39 is 0 Å². The third-order valence-electron chi connectivity index (χ3n) is 3.28. The minimum atomic E-state index is 0.955. The van der Waals surface area contributed by atoms with Crippen molar-refractivity contribution in [2.24, 2.45) is 11.8 Å². The second-order valence-electron chi connectivity index (χ2n) is 4.63. The fourth-order valence-corrected chi connectivity index (χ4v) is 2.73. The predicted molar refractivity (Wildman–Crippen MR) is 47.5 cm³/mol. The van der Waals surface area contributed by atoms with Crippen LogP contribution in [-0.2, 0) is 0 Å². The predicted octanol–water partition coefficient (Wildman–Crippen LogP) is 2.13. The van der Waals surface area contributed by atoms with Crippen molar-refractivity contribution in [2.75, 3.05) is 13.1 Å². The Bertz CT molecular complexity index is 144. The lowest BCUT2D eigenvalue weighted by Gasteiger charge is -2.33. The molecule has 2 heterocycles. The van der Waals surface area contributed by atoms with E-state index >= 15 is 0 Å². The van der Waals surface area contributed by atoms with Gasteiger partial charge in [0, 0.05) is 19.1 Å². The Kier molecular flexibility index (Phi) is 1.92. The van der Waals surface area contributed by atoms with Gasteiger partial charge in [-0.2, -0.15) is 0 Å². The van der Waals surface area contributed by atoms with Gasteiger partial charge in [0.15, 0.2) is 0 Å². The van der Waals surface area contributed by atoms with E-state index in [1.165, 1.54) is 32.4 Å². The third kappa shape index (κ3) is 1.44. The normalized spacial score (nSPS) is 45.8. The zero-order chi connectivity index (χ0) is 7.84. The van der Waals surface area contributed by atoms with Crippen molar-refractivity contribution in [2.45, 2.75) is 39.2 Å². The summed E-state index contributed by atoms with van der Waals surface area (Å²) in [5, 5.41) is 0. The Morgan fingerprint density at radius 3 is 2.55 bits per heavy atom. The van der Waals surface area contributed by atoms with E-state index in [2.05, 4.69) is 18.7 Å². The van der Waals surface area contributed by atoms with Gasteiger partial charge in [0.05, 0.1) is 0 Å². The highest BCUT2D eigenvalue weighted by molar-refractivity contribution is 4.87. The van der Waals surface area contributed by atoms with Gasteiger partial charge in [0.2, 0.25) is 0 Å². The molecule has 0 radical (unpaired) electrons. The monoisotopic (exact) mass is 153 g/mol. The number of hydrogen-bond acceptors (Lipinski definition) is 1. The van der Waals surface area contributed by atoms with E-state index in [9.17, 15) is 0 Å². The van der Waals surface area contributed by atoms with Crippen molar-refractivity contribution in [1.29, 1.82) is 0 Å². The Morgan fingerprint density at radius 1 is 1.00 bits per heavy atom. The van der Waals surface area contributed by atoms with Crippen molar-refractivity contribution in [3.63, 3.8) is 0 Å². The van der Waals surface area contributed by atoms with Crippen molar-refractivity contribution in [3.05, 3.63) is 0 Å². The highest BCUT2D eigenvalue weighted by Crippen LogP contribution is 2.31. The van der Waals surface area contributed by atoms with Crippen LogP contribution in [0.2, 0.25) is 0 Å². The summed E-state index contributed by atoms with van der Waals surface area (Å²) in [5.41, 5.74) is 0. The molecule has 0 amide bonds. The summed E-state index contributed by atoms with van der Waals surface area (Å²) in [7, 11) is 0. The quantitative estimate of drug-likeness (QED) is 0.515. The second kappa shape index (κ2) is 2.78. The first-order chi connectivity index (χ1) is 5.25. The first kappa shape index (κ1) is 7.60. The highest BCUT2D eigenvalue weighted by Gasteiger charge is 2.33. The van der Waals surface area contributed by atoms with Gasteiger partial charge in [-0.15, -0.1) is 0 Å². The Labute approximate surface area is 69.8 Å². The van der Waals surface area contributed by atoms with Crippen LogP contribution < -0.4 is 0 Å². The van der Waals surface area contributed by atoms with Crippen molar-refractivity contribution < 1.29 is 0 Å². The Hall–Kier alpha value is -0.0400. The molecule has 0 aromatic heterocycles. The summed E-state index contributed by atoms with van der Waals surface area (Å²) < 4.78 is 0. The fourth-order valence-electron chi connectivity index (χ4n) is 2.73. The summed E-state index contributed by atoms with van der Waals surface area (Å²) in [5.74, 6) is 1.92. The lowest BCUT2D eigenvalue weighted by Crippen LogP contribution is -2.38. The molecule has 1 heteroatoms. The summed E-state index contributed by atoms with van der Waals surface area (Å²) in [6.45, 7) is 7.52. The summed E-state index contributed by atoms with van der Waals surface area (Å²) in [4.78, 5) is 2.71. The van der Waals surface area contributed by atoms with Gasteiger partial charge >= 0.3 is 0 Å². The molecule has 2 aliphatic rings. The molecule has 2 fully saturated rings. The average Bonchev–Trinajstić information content (AvgIpc) is 2.27. The molecular weight excluding hydrogens is 134 g/mol. The zero-order valence-corrected chi connectivity index (χ0v) is 7.71. The maximum Gasteiger partial charge on any atom is 0.00986 e. The molecule has 2 aliphatic heterocycles. The number of rotatable bonds is 0. The molecule has 1 nitrogen and oxygen atoms in total. The maximum absolute atomic E-state index is 2.71. The van der Waals surface area contributed by atoms with Crippen LogP contribution in [0.3, 0.4) is 0 Å². The van der Waals surface area contributed by atoms with Gasteiger partial charge in [0.1, 0.15) is 0 Å². The van der Waals surface area contributed by atoms with Crippen LogP contribution in [-0.4, -0.2) is 24.0 Å². The molecule has 2 rings (SSSR count). The van der Waals surface area contributed by atoms with E-state index in [-0.39, 0.29) is 0 Å². The van der Waals surface area contributed by atoms with E-state index in [1.807, 2.05) is 0 Å². The number of piperidine rings is 1. The van der Waals surface area contributed by atoms with Gasteiger partial charge < -0.3 is 0 Å². The molecule has 0 aromatic carbocycles. The van der Waals surface area contributed by atoms with Gasteiger partial charge in [-0.05, 0) is 31.1 Å². The standard InChI is InChI=1S/C10H19N/c1-8-3-4-10-5-9(2)7-11(10)6-8/h8-10H,3-7H2,1-2H3/t8-,9-,10-/m1/s1. The molecule has 0 aromatic rings. The Balaban J connectivity index is 1.97. The smallest absolute Gasteiger partial charge is 0.00986 e. The van der Waals surface area contributed by atoms with Gasteiger partial charge in [-0.25, -0.2) is 0 Å². The molecule has 2 saturated heterocycles. The average molecular weight is 153 g/mol. The lowest BCUT2D eigenvalue weighted by atomic mass is 9.94. The topological polar surface area (TPSA) is 3.24 Å². The van der Waals surface area contributed by atoms with Crippen LogP contribution in [0.4, 0.5) is 0 Å². The SMILES string of the molecule is C[C@@H]1CC[C@@H]2C[C@@H](C)CN2C1. The van der Waals surface area contributed by atoms with Crippen LogP contribution in [0.5, 0.6) is 0 Å². The molecule has 0 aliphatic carbocycles. The Morgan fingerprint density at radius 2 is 1.73 bits per heavy atom. The van der Waals surface area contributed by atoms with Crippen LogP contribution in [0, 0.1) is 11.8 Å². The van der Waals surface area contributed by atoms with Gasteiger partial charge in [-0.3, -0.25) is 4.90 Å². The molecule has 64 valence electrons. The highest BCUT2D eigenvalue weighted by atomic mass is 15.2. The van der Waals surface area contributed by atoms with Crippen LogP contribution >= 0.6 is 0 Å². The van der Waals surface area contributed by atoms with Gasteiger partial charge in [-0.1, -0.05) is 13.8 Å². The molecule has 0 N–H and O–H groups in total. The number of nitrogens with zero attached hydrogens (tertiary/aromatic N) is 1. The summed E-state index contributed by atoms with van der Waals surface area (Å²) in [6.07, 6.45) is 4.39. The number of hydrogen-bond donors (Lipinski definition) is 0. The minimum Gasteiger partial charge on any atom is -0.300 e. The molecule has 0 saturated carbocycles. The first-order valence-electron chi connectivity index (χ1n) is 4.99. The minimum absolute atomic E-state index is 0.955. The summed E-state index contributed by atoms with van der Waals surface area (Å²) >= 11 is 0. The molecular formula is C10H19N. The maximum atomic E-state index is 2.71. The van der Waals surface area contributed by atoms with Crippen LogP contribution in [0.1, 0.15) is 33.1 Å². The van der Waals surface area contributed by atoms with Crippen molar-refractivity contribution in [1.82, 2.24) is 4.90 Å². The number of fused-ring (bicyclic) bond motifs is 1. The molecule has 0 bridgehead atoms. The van der Waals surface area contributed by atoms with Crippen molar-refractivity contribution in [3.8, 4) is 0 Å². The first-order valence-corrected chi connectivity index (χ1v) is 4.99. The zero-order valence-electron chi connectivity index (χ0n) is 7.71. The van der Waals surface area contributed by atoms with E-state index in [0.29, 0.717) is 0 Å². The second-order valence-corrected chi connectivity index (χ2v) is 4.63. The van der Waals surface area contributed by atoms with Crippen LogP contribution in [0.15, 0.2) is 0 Å². The fraction of sp³-hybridized carbons (Fsp3) is 1.00. The molecule has 11 heavy (non-hydrogen) atoms. The molecule has 0 spiro atoms. The molecule has 3 atom stereocenters. The largest absolute Gasteiger partial charge is 0.300 e. The third-order valence-corrected chi connectivity index (χ3v) is 3.28. The van der Waals surface area contributed by atoms with Gasteiger partial charge in [0.25, 0.3) is 0 Å². The van der Waals surface area contributed by atoms with Crippen molar-refractivity contribution >= 4 is 0 Å². The van der Waals surface area contributed by atoms with Crippen LogP contribution in [0.25, 0.3) is 0 Å². The van der Waals surface area contributed by atoms with E-state index in [4.69, 9.17) is 0 Å². The molecule has 0 unspecified atom stereocenters. The lowest BCUT2D eigenvalue weighted by molar-refractivity contribution is 0.155. The van der Waals surface area contributed by atoms with E-state index in [1.54, 1.807) is 0 Å².